The Kier molecular flexibility index (Phi) is 5.68. The third kappa shape index (κ3) is 4.33. The molecule has 0 aliphatic heterocycles. The van der Waals surface area contributed by atoms with Crippen molar-refractivity contribution >= 4 is 17.5 Å². The van der Waals surface area contributed by atoms with Gasteiger partial charge in [-0.1, -0.05) is 68.0 Å². The summed E-state index contributed by atoms with van der Waals surface area (Å²) < 4.78 is 0. The first-order valence-corrected chi connectivity index (χ1v) is 9.67. The van der Waals surface area contributed by atoms with E-state index in [2.05, 4.69) is 44.4 Å². The highest BCUT2D eigenvalue weighted by atomic mass is 16.2. The molecule has 2 amide bonds. The molecule has 2 aromatic rings. The largest absolute Gasteiger partial charge is 0.348 e. The van der Waals surface area contributed by atoms with E-state index in [1.165, 1.54) is 5.57 Å². The van der Waals surface area contributed by atoms with Gasteiger partial charge in [-0.25, -0.2) is 0 Å². The van der Waals surface area contributed by atoms with Gasteiger partial charge in [0, 0.05) is 6.54 Å². The van der Waals surface area contributed by atoms with E-state index in [0.29, 0.717) is 17.8 Å². The van der Waals surface area contributed by atoms with Crippen molar-refractivity contribution in [3.05, 3.63) is 77.4 Å². The van der Waals surface area contributed by atoms with Crippen LogP contribution in [0.25, 0.3) is 0 Å². The van der Waals surface area contributed by atoms with Crippen LogP contribution in [0.15, 0.2) is 66.2 Å². The van der Waals surface area contributed by atoms with Crippen LogP contribution in [0.2, 0.25) is 0 Å². The summed E-state index contributed by atoms with van der Waals surface area (Å²) in [6.07, 6.45) is 2.17. The van der Waals surface area contributed by atoms with E-state index in [0.717, 1.165) is 5.56 Å². The minimum atomic E-state index is -0.198. The molecule has 4 heteroatoms. The van der Waals surface area contributed by atoms with Gasteiger partial charge in [-0.2, -0.15) is 0 Å². The maximum absolute atomic E-state index is 12.9. The van der Waals surface area contributed by atoms with Crippen LogP contribution in [0, 0.1) is 17.3 Å². The SMILES string of the molecule is CC(C)=C[C@H]1[C@H](C(=O)Nc2ccccc2C(=O)NCc2ccccc2)C1(C)C. The molecule has 0 saturated heterocycles. The van der Waals surface area contributed by atoms with Gasteiger partial charge in [0.2, 0.25) is 5.91 Å². The van der Waals surface area contributed by atoms with Gasteiger partial charge in [0.05, 0.1) is 17.2 Å². The molecule has 0 radical (unpaired) electrons. The first-order valence-electron chi connectivity index (χ1n) is 9.67. The fraction of sp³-hybridized carbons (Fsp3) is 0.333. The zero-order valence-corrected chi connectivity index (χ0v) is 17.0. The van der Waals surface area contributed by atoms with Crippen LogP contribution in [-0.4, -0.2) is 11.8 Å². The Morgan fingerprint density at radius 2 is 1.64 bits per heavy atom. The Balaban J connectivity index is 1.69. The van der Waals surface area contributed by atoms with Gasteiger partial charge in [0.25, 0.3) is 5.91 Å². The number of rotatable bonds is 6. The molecule has 0 heterocycles. The van der Waals surface area contributed by atoms with E-state index < -0.39 is 0 Å². The van der Waals surface area contributed by atoms with E-state index in [1.807, 2.05) is 36.4 Å². The second-order valence-electron chi connectivity index (χ2n) is 8.27. The summed E-state index contributed by atoms with van der Waals surface area (Å²) in [5, 5.41) is 5.91. The van der Waals surface area contributed by atoms with E-state index in [1.54, 1.807) is 18.2 Å². The van der Waals surface area contributed by atoms with E-state index in [9.17, 15) is 9.59 Å². The van der Waals surface area contributed by atoms with Gasteiger partial charge in [-0.3, -0.25) is 9.59 Å². The van der Waals surface area contributed by atoms with Gasteiger partial charge in [-0.05, 0) is 42.9 Å². The molecule has 2 N–H and O–H groups in total. The monoisotopic (exact) mass is 376 g/mol. The summed E-state index contributed by atoms with van der Waals surface area (Å²) in [6.45, 7) is 8.77. The first-order chi connectivity index (χ1) is 13.3. The zero-order valence-electron chi connectivity index (χ0n) is 17.0. The Morgan fingerprint density at radius 1 is 1.00 bits per heavy atom. The van der Waals surface area contributed by atoms with Gasteiger partial charge < -0.3 is 10.6 Å². The molecule has 0 aromatic heterocycles. The summed E-state index contributed by atoms with van der Waals surface area (Å²) in [5.74, 6) is -0.0779. The van der Waals surface area contributed by atoms with Crippen molar-refractivity contribution in [3.63, 3.8) is 0 Å². The van der Waals surface area contributed by atoms with Crippen LogP contribution in [0.3, 0.4) is 0 Å². The molecule has 0 spiro atoms. The fourth-order valence-electron chi connectivity index (χ4n) is 3.72. The van der Waals surface area contributed by atoms with Crippen LogP contribution >= 0.6 is 0 Å². The van der Waals surface area contributed by atoms with Crippen LogP contribution in [0.1, 0.15) is 43.6 Å². The van der Waals surface area contributed by atoms with Crippen molar-refractivity contribution in [2.45, 2.75) is 34.2 Å². The number of nitrogens with one attached hydrogen (secondary N) is 2. The lowest BCUT2D eigenvalue weighted by Crippen LogP contribution is -2.25. The molecule has 1 saturated carbocycles. The smallest absolute Gasteiger partial charge is 0.253 e. The van der Waals surface area contributed by atoms with Crippen LogP contribution in [0.5, 0.6) is 0 Å². The molecule has 4 nitrogen and oxygen atoms in total. The van der Waals surface area contributed by atoms with E-state index >= 15 is 0 Å². The highest BCUT2D eigenvalue weighted by Gasteiger charge is 2.60. The Bertz CT molecular complexity index is 896. The van der Waals surface area contributed by atoms with Crippen molar-refractivity contribution in [1.29, 1.82) is 0 Å². The van der Waals surface area contributed by atoms with Crippen LogP contribution in [0.4, 0.5) is 5.69 Å². The van der Waals surface area contributed by atoms with Crippen molar-refractivity contribution in [2.24, 2.45) is 17.3 Å². The molecular formula is C24H28N2O2. The maximum atomic E-state index is 12.9. The molecule has 2 aromatic carbocycles. The quantitative estimate of drug-likeness (QED) is 0.712. The van der Waals surface area contributed by atoms with Crippen LogP contribution < -0.4 is 10.6 Å². The number of anilines is 1. The average Bonchev–Trinajstić information content (AvgIpc) is 3.20. The molecule has 1 aliphatic rings. The van der Waals surface area contributed by atoms with E-state index in [-0.39, 0.29) is 29.1 Å². The summed E-state index contributed by atoms with van der Waals surface area (Å²) in [7, 11) is 0. The molecule has 0 unspecified atom stereocenters. The van der Waals surface area contributed by atoms with Gasteiger partial charge in [0.1, 0.15) is 0 Å². The number of hydrogen-bond donors (Lipinski definition) is 2. The number of allylic oxidation sites excluding steroid dienone is 2. The summed E-state index contributed by atoms with van der Waals surface area (Å²) >= 11 is 0. The number of para-hydroxylation sites is 1. The minimum absolute atomic E-state index is 0.0317. The van der Waals surface area contributed by atoms with Crippen molar-refractivity contribution < 1.29 is 9.59 Å². The minimum Gasteiger partial charge on any atom is -0.348 e. The summed E-state index contributed by atoms with van der Waals surface area (Å²) in [4.78, 5) is 25.5. The fourth-order valence-corrected chi connectivity index (χ4v) is 3.72. The molecule has 28 heavy (non-hydrogen) atoms. The third-order valence-electron chi connectivity index (χ3n) is 5.43. The summed E-state index contributed by atoms with van der Waals surface area (Å²) in [5.41, 5.74) is 3.21. The predicted molar refractivity (Wildman–Crippen MR) is 113 cm³/mol. The van der Waals surface area contributed by atoms with E-state index in [4.69, 9.17) is 0 Å². The molecular weight excluding hydrogens is 348 g/mol. The number of hydrogen-bond acceptors (Lipinski definition) is 2. The van der Waals surface area contributed by atoms with Gasteiger partial charge >= 0.3 is 0 Å². The molecule has 1 aliphatic carbocycles. The Labute approximate surface area is 167 Å². The zero-order chi connectivity index (χ0) is 20.3. The van der Waals surface area contributed by atoms with Gasteiger partial charge in [-0.15, -0.1) is 0 Å². The summed E-state index contributed by atoms with van der Waals surface area (Å²) in [6, 6.07) is 16.9. The second-order valence-corrected chi connectivity index (χ2v) is 8.27. The maximum Gasteiger partial charge on any atom is 0.253 e. The molecule has 2 atom stereocenters. The molecule has 3 rings (SSSR count). The standard InChI is InChI=1S/C24H28N2O2/c1-16(2)14-19-21(24(19,3)4)23(28)26-20-13-9-8-12-18(20)22(27)25-15-17-10-6-5-7-11-17/h5-14,19,21H,15H2,1-4H3,(H,25,27)(H,26,28)/t19-,21+/m0/s1. The highest BCUT2D eigenvalue weighted by molar-refractivity contribution is 6.05. The Hall–Kier alpha value is -2.88. The number of carbonyl (C=O) groups excluding carboxylic acids is 2. The van der Waals surface area contributed by atoms with Crippen molar-refractivity contribution in [2.75, 3.05) is 5.32 Å². The molecule has 146 valence electrons. The second kappa shape index (κ2) is 8.01. The molecule has 0 bridgehead atoms. The highest BCUT2D eigenvalue weighted by Crippen LogP contribution is 2.59. The van der Waals surface area contributed by atoms with Crippen LogP contribution in [-0.2, 0) is 11.3 Å². The predicted octanol–water partition coefficient (Wildman–Crippen LogP) is 4.79. The third-order valence-corrected chi connectivity index (χ3v) is 5.43. The lowest BCUT2D eigenvalue weighted by Gasteiger charge is -2.12. The molecule has 1 fully saturated rings. The first kappa shape index (κ1) is 19.9. The number of carbonyl (C=O) groups is 2. The topological polar surface area (TPSA) is 58.2 Å². The number of benzene rings is 2. The normalized spacial score (nSPS) is 19.4. The average molecular weight is 377 g/mol. The lowest BCUT2D eigenvalue weighted by atomic mass is 10.1. The number of amides is 2. The van der Waals surface area contributed by atoms with Crippen molar-refractivity contribution in [3.8, 4) is 0 Å². The lowest BCUT2D eigenvalue weighted by molar-refractivity contribution is -0.118. The van der Waals surface area contributed by atoms with Gasteiger partial charge in [0.15, 0.2) is 0 Å². The van der Waals surface area contributed by atoms with Crippen molar-refractivity contribution in [1.82, 2.24) is 5.32 Å². The Morgan fingerprint density at radius 3 is 2.32 bits per heavy atom.